The van der Waals surface area contributed by atoms with Gasteiger partial charge < -0.3 is 15.8 Å². The van der Waals surface area contributed by atoms with Crippen molar-refractivity contribution in [2.24, 2.45) is 5.73 Å². The Hall–Kier alpha value is -0.620. The van der Waals surface area contributed by atoms with Gasteiger partial charge in [-0.2, -0.15) is 0 Å². The summed E-state index contributed by atoms with van der Waals surface area (Å²) in [5, 5.41) is 3.12. The predicted octanol–water partition coefficient (Wildman–Crippen LogP) is 2.48. The third kappa shape index (κ3) is 3.42. The summed E-state index contributed by atoms with van der Waals surface area (Å²) in [6, 6.07) is 6.27. The Kier molecular flexibility index (Phi) is 5.66. The monoisotopic (exact) mass is 374 g/mol. The molecule has 1 aromatic carbocycles. The second kappa shape index (κ2) is 7.09. The quantitative estimate of drug-likeness (QED) is 0.853. The van der Waals surface area contributed by atoms with Gasteiger partial charge in [-0.25, -0.2) is 0 Å². The molecular weight excluding hydrogens is 356 g/mol. The lowest BCUT2D eigenvalue weighted by atomic mass is 10.1. The number of halogens is 2. The van der Waals surface area contributed by atoms with Crippen molar-refractivity contribution in [3.8, 4) is 0 Å². The first kappa shape index (κ1) is 16.7. The van der Waals surface area contributed by atoms with Crippen molar-refractivity contribution in [1.82, 2.24) is 5.32 Å². The fraction of sp³-hybridized carbons (Fsp3) is 0.533. The number of nitrogens with two attached hydrogens (primary N) is 1. The molecule has 1 unspecified atom stereocenters. The average molecular weight is 376 g/mol. The van der Waals surface area contributed by atoms with Crippen LogP contribution < -0.4 is 11.1 Å². The Morgan fingerprint density at radius 3 is 2.90 bits per heavy atom. The number of fused-ring (bicyclic) bond motifs is 1. The first-order valence-electron chi connectivity index (χ1n) is 7.12. The number of rotatable bonds is 3. The fourth-order valence-electron chi connectivity index (χ4n) is 3.10. The predicted molar refractivity (Wildman–Crippen MR) is 87.5 cm³/mol. The molecule has 0 spiro atoms. The molecule has 0 radical (unpaired) electrons. The molecule has 1 saturated heterocycles. The molecule has 3 rings (SSSR count). The molecule has 1 aliphatic carbocycles. The van der Waals surface area contributed by atoms with Crippen molar-refractivity contribution >= 4 is 34.2 Å². The highest BCUT2D eigenvalue weighted by Crippen LogP contribution is 2.35. The third-order valence-corrected chi connectivity index (χ3v) is 4.94. The largest absolute Gasteiger partial charge is 0.364 e. The van der Waals surface area contributed by atoms with Gasteiger partial charge in [0.15, 0.2) is 0 Å². The Bertz CT molecular complexity index is 526. The minimum absolute atomic E-state index is 0. The summed E-state index contributed by atoms with van der Waals surface area (Å²) < 4.78 is 6.78. The number of benzene rings is 1. The van der Waals surface area contributed by atoms with Crippen LogP contribution >= 0.6 is 28.3 Å². The second-order valence-corrected chi connectivity index (χ2v) is 6.32. The van der Waals surface area contributed by atoms with E-state index in [4.69, 9.17) is 10.5 Å². The van der Waals surface area contributed by atoms with Crippen molar-refractivity contribution < 1.29 is 9.53 Å². The number of nitrogens with one attached hydrogen (secondary N) is 1. The van der Waals surface area contributed by atoms with E-state index in [0.717, 1.165) is 30.2 Å². The van der Waals surface area contributed by atoms with E-state index in [0.29, 0.717) is 6.54 Å². The van der Waals surface area contributed by atoms with Crippen LogP contribution in [0.4, 0.5) is 0 Å². The summed E-state index contributed by atoms with van der Waals surface area (Å²) in [5.41, 5.74) is 8.11. The van der Waals surface area contributed by atoms with E-state index < -0.39 is 0 Å². The smallest absolute Gasteiger partial charge is 0.249 e. The van der Waals surface area contributed by atoms with Crippen LogP contribution in [0, 0.1) is 0 Å². The van der Waals surface area contributed by atoms with E-state index >= 15 is 0 Å². The zero-order chi connectivity index (χ0) is 14.1. The fourth-order valence-corrected chi connectivity index (χ4v) is 3.68. The summed E-state index contributed by atoms with van der Waals surface area (Å²) in [4.78, 5) is 12.3. The maximum atomic E-state index is 12.3. The average Bonchev–Trinajstić information content (AvgIpc) is 3.07. The number of hydrogen-bond acceptors (Lipinski definition) is 3. The summed E-state index contributed by atoms with van der Waals surface area (Å²) >= 11 is 3.57. The molecule has 2 aliphatic rings. The van der Waals surface area contributed by atoms with Crippen molar-refractivity contribution in [1.29, 1.82) is 0 Å². The summed E-state index contributed by atoms with van der Waals surface area (Å²) in [6.07, 6.45) is 3.30. The molecule has 4 nitrogen and oxygen atoms in total. The van der Waals surface area contributed by atoms with Crippen molar-refractivity contribution in [3.05, 3.63) is 33.8 Å². The number of carbonyl (C=O) groups is 1. The molecule has 1 aliphatic heterocycles. The molecule has 0 bridgehead atoms. The molecule has 116 valence electrons. The van der Waals surface area contributed by atoms with E-state index in [1.807, 2.05) is 6.07 Å². The molecule has 1 fully saturated rings. The lowest BCUT2D eigenvalue weighted by Gasteiger charge is -2.18. The normalized spacial score (nSPS) is 27.0. The summed E-state index contributed by atoms with van der Waals surface area (Å²) in [7, 11) is 0. The van der Waals surface area contributed by atoms with Gasteiger partial charge in [-0.05, 0) is 42.9 Å². The zero-order valence-corrected chi connectivity index (χ0v) is 14.1. The highest BCUT2D eigenvalue weighted by Gasteiger charge is 2.33. The van der Waals surface area contributed by atoms with E-state index in [2.05, 4.69) is 33.4 Å². The molecule has 6 heteroatoms. The minimum atomic E-state index is -0.334. The van der Waals surface area contributed by atoms with Crippen LogP contribution in [0.25, 0.3) is 0 Å². The number of carbonyl (C=O) groups excluding carboxylic acids is 1. The highest BCUT2D eigenvalue weighted by molar-refractivity contribution is 9.10. The van der Waals surface area contributed by atoms with E-state index in [1.165, 1.54) is 11.1 Å². The van der Waals surface area contributed by atoms with E-state index in [9.17, 15) is 4.79 Å². The van der Waals surface area contributed by atoms with Gasteiger partial charge in [0.2, 0.25) is 5.91 Å². The van der Waals surface area contributed by atoms with Crippen molar-refractivity contribution in [2.45, 2.75) is 43.9 Å². The van der Waals surface area contributed by atoms with Gasteiger partial charge in [0.25, 0.3) is 0 Å². The van der Waals surface area contributed by atoms with E-state index in [-0.39, 0.29) is 36.6 Å². The molecule has 3 atom stereocenters. The Morgan fingerprint density at radius 1 is 1.38 bits per heavy atom. The minimum Gasteiger partial charge on any atom is -0.364 e. The molecule has 1 heterocycles. The van der Waals surface area contributed by atoms with Crippen molar-refractivity contribution in [3.63, 3.8) is 0 Å². The standard InChI is InChI=1S/C15H19BrN2O2.ClH/c16-12-3-1-2-11-10(12)5-6-13(11)18-15(19)14-7-4-9(8-17)20-14;/h1-3,9,13-14H,4-8,17H2,(H,18,19);1H/t9-,13?,14+;/m1./s1. The molecule has 1 aromatic rings. The van der Waals surface area contributed by atoms with Gasteiger partial charge in [0.05, 0.1) is 12.1 Å². The molecule has 0 saturated carbocycles. The first-order chi connectivity index (χ1) is 9.69. The van der Waals surface area contributed by atoms with Gasteiger partial charge in [-0.3, -0.25) is 4.79 Å². The van der Waals surface area contributed by atoms with Crippen LogP contribution in [0.15, 0.2) is 22.7 Å². The highest BCUT2D eigenvalue weighted by atomic mass is 79.9. The maximum absolute atomic E-state index is 12.3. The van der Waals surface area contributed by atoms with Gasteiger partial charge >= 0.3 is 0 Å². The topological polar surface area (TPSA) is 64.4 Å². The molecule has 1 amide bonds. The number of hydrogen-bond donors (Lipinski definition) is 2. The van der Waals surface area contributed by atoms with Crippen LogP contribution in [0.3, 0.4) is 0 Å². The molecule has 0 aromatic heterocycles. The van der Waals surface area contributed by atoms with Crippen LogP contribution in [0.2, 0.25) is 0 Å². The van der Waals surface area contributed by atoms with Crippen LogP contribution in [0.5, 0.6) is 0 Å². The molecular formula is C15H20BrClN2O2. The lowest BCUT2D eigenvalue weighted by molar-refractivity contribution is -0.132. The number of amides is 1. The van der Waals surface area contributed by atoms with Crippen LogP contribution in [-0.4, -0.2) is 24.7 Å². The lowest BCUT2D eigenvalue weighted by Crippen LogP contribution is -2.37. The molecule has 21 heavy (non-hydrogen) atoms. The van der Waals surface area contributed by atoms with Gasteiger partial charge in [-0.15, -0.1) is 12.4 Å². The maximum Gasteiger partial charge on any atom is 0.249 e. The second-order valence-electron chi connectivity index (χ2n) is 5.47. The third-order valence-electron chi connectivity index (χ3n) is 4.19. The zero-order valence-electron chi connectivity index (χ0n) is 11.7. The van der Waals surface area contributed by atoms with Crippen LogP contribution in [0.1, 0.15) is 36.4 Å². The van der Waals surface area contributed by atoms with Gasteiger partial charge in [0, 0.05) is 11.0 Å². The van der Waals surface area contributed by atoms with Gasteiger partial charge in [-0.1, -0.05) is 28.1 Å². The van der Waals surface area contributed by atoms with E-state index in [1.54, 1.807) is 0 Å². The summed E-state index contributed by atoms with van der Waals surface area (Å²) in [5.74, 6) is -0.00113. The van der Waals surface area contributed by atoms with Crippen LogP contribution in [-0.2, 0) is 16.0 Å². The van der Waals surface area contributed by atoms with Gasteiger partial charge in [0.1, 0.15) is 6.10 Å². The Morgan fingerprint density at radius 2 is 2.19 bits per heavy atom. The number of ether oxygens (including phenoxy) is 1. The Labute approximate surface area is 139 Å². The first-order valence-corrected chi connectivity index (χ1v) is 7.91. The molecule has 3 N–H and O–H groups in total. The summed E-state index contributed by atoms with van der Waals surface area (Å²) in [6.45, 7) is 0.489. The Balaban J connectivity index is 0.00000161. The van der Waals surface area contributed by atoms with Crippen molar-refractivity contribution in [2.75, 3.05) is 6.54 Å². The SMILES string of the molecule is Cl.NC[C@H]1CC[C@@H](C(=O)NC2CCc3c(Br)cccc32)O1.